The lowest BCUT2D eigenvalue weighted by Gasteiger charge is -2.34. The summed E-state index contributed by atoms with van der Waals surface area (Å²) in [5.41, 5.74) is 6.27. The second-order valence-electron chi connectivity index (χ2n) is 6.12. The number of likely N-dealkylation sites (tertiary alicyclic amines) is 1. The molecule has 1 aromatic rings. The molecule has 114 valence electrons. The van der Waals surface area contributed by atoms with E-state index in [1.165, 1.54) is 35.7 Å². The lowest BCUT2D eigenvalue weighted by atomic mass is 10.1. The maximum atomic E-state index is 6.27. The summed E-state index contributed by atoms with van der Waals surface area (Å²) in [6, 6.07) is 5.66. The molecule has 1 aliphatic rings. The Balaban J connectivity index is 2.05. The van der Waals surface area contributed by atoms with E-state index in [9.17, 15) is 0 Å². The molecular formula is C16H29N3S. The maximum absolute atomic E-state index is 6.27. The van der Waals surface area contributed by atoms with Crippen LogP contribution < -0.4 is 5.73 Å². The second kappa shape index (κ2) is 7.03. The van der Waals surface area contributed by atoms with Crippen molar-refractivity contribution in [2.45, 2.75) is 51.7 Å². The normalized spacial score (nSPS) is 23.4. The van der Waals surface area contributed by atoms with Crippen LogP contribution in [0.2, 0.25) is 0 Å². The maximum Gasteiger partial charge on any atom is 0.0588 e. The molecule has 0 bridgehead atoms. The average molecular weight is 295 g/mol. The summed E-state index contributed by atoms with van der Waals surface area (Å²) < 4.78 is 0. The van der Waals surface area contributed by atoms with Crippen LogP contribution in [0.3, 0.4) is 0 Å². The highest BCUT2D eigenvalue weighted by Gasteiger charge is 2.29. The number of nitrogens with two attached hydrogens (primary N) is 1. The van der Waals surface area contributed by atoms with E-state index in [0.29, 0.717) is 12.1 Å². The molecule has 0 radical (unpaired) electrons. The molecule has 0 saturated carbocycles. The molecular weight excluding hydrogens is 266 g/mol. The predicted molar refractivity (Wildman–Crippen MR) is 88.3 cm³/mol. The van der Waals surface area contributed by atoms with E-state index in [1.54, 1.807) is 0 Å². The molecule has 3 nitrogen and oxygen atoms in total. The van der Waals surface area contributed by atoms with E-state index >= 15 is 0 Å². The first kappa shape index (κ1) is 16.0. The van der Waals surface area contributed by atoms with E-state index in [2.05, 4.69) is 49.8 Å². The minimum absolute atomic E-state index is 0.162. The summed E-state index contributed by atoms with van der Waals surface area (Å²) in [6.45, 7) is 10.1. The Morgan fingerprint density at radius 3 is 2.80 bits per heavy atom. The summed E-state index contributed by atoms with van der Waals surface area (Å²) in [5.74, 6) is 0. The second-order valence-corrected chi connectivity index (χ2v) is 7.44. The molecule has 0 aromatic carbocycles. The molecule has 1 aliphatic heterocycles. The smallest absolute Gasteiger partial charge is 0.0588 e. The topological polar surface area (TPSA) is 32.5 Å². The van der Waals surface area contributed by atoms with Gasteiger partial charge in [-0.25, -0.2) is 0 Å². The highest BCUT2D eigenvalue weighted by molar-refractivity contribution is 7.12. The van der Waals surface area contributed by atoms with E-state index in [1.807, 2.05) is 11.3 Å². The molecule has 3 unspecified atom stereocenters. The third-order valence-electron chi connectivity index (χ3n) is 4.43. The molecule has 1 fully saturated rings. The fourth-order valence-electron chi connectivity index (χ4n) is 3.45. The highest BCUT2D eigenvalue weighted by Crippen LogP contribution is 2.30. The minimum Gasteiger partial charge on any atom is -0.326 e. The largest absolute Gasteiger partial charge is 0.326 e. The van der Waals surface area contributed by atoms with Crippen molar-refractivity contribution in [1.29, 1.82) is 0 Å². The first-order chi connectivity index (χ1) is 9.52. The number of hydrogen-bond acceptors (Lipinski definition) is 4. The van der Waals surface area contributed by atoms with Gasteiger partial charge in [-0.3, -0.25) is 9.80 Å². The van der Waals surface area contributed by atoms with E-state index in [4.69, 9.17) is 5.73 Å². The minimum atomic E-state index is 0.162. The van der Waals surface area contributed by atoms with Gasteiger partial charge < -0.3 is 5.73 Å². The first-order valence-electron chi connectivity index (χ1n) is 7.79. The van der Waals surface area contributed by atoms with Crippen LogP contribution in [0, 0.1) is 6.92 Å². The number of nitrogens with zero attached hydrogens (tertiary/aromatic N) is 2. The monoisotopic (exact) mass is 295 g/mol. The molecule has 20 heavy (non-hydrogen) atoms. The Morgan fingerprint density at radius 1 is 1.50 bits per heavy atom. The first-order valence-corrected chi connectivity index (χ1v) is 8.60. The van der Waals surface area contributed by atoms with Crippen LogP contribution in [-0.4, -0.2) is 48.6 Å². The molecule has 3 atom stereocenters. The molecule has 1 saturated heterocycles. The Kier molecular flexibility index (Phi) is 5.61. The number of likely N-dealkylation sites (N-methyl/N-ethyl adjacent to an activating group) is 2. The quantitative estimate of drug-likeness (QED) is 0.876. The Hall–Kier alpha value is -0.420. The molecule has 2 rings (SSSR count). The molecule has 0 amide bonds. The Morgan fingerprint density at radius 2 is 2.25 bits per heavy atom. The van der Waals surface area contributed by atoms with Gasteiger partial charge in [-0.05, 0) is 59.0 Å². The van der Waals surface area contributed by atoms with Crippen LogP contribution in [0.25, 0.3) is 0 Å². The summed E-state index contributed by atoms with van der Waals surface area (Å²) in [4.78, 5) is 7.85. The number of hydrogen-bond donors (Lipinski definition) is 1. The Bertz CT molecular complexity index is 416. The van der Waals surface area contributed by atoms with Gasteiger partial charge in [-0.1, -0.05) is 6.92 Å². The van der Waals surface area contributed by atoms with Crippen molar-refractivity contribution in [1.82, 2.24) is 9.80 Å². The fourth-order valence-corrected chi connectivity index (χ4v) is 4.61. The van der Waals surface area contributed by atoms with Gasteiger partial charge in [0.25, 0.3) is 0 Å². The van der Waals surface area contributed by atoms with Gasteiger partial charge >= 0.3 is 0 Å². The average Bonchev–Trinajstić information content (AvgIpc) is 2.98. The van der Waals surface area contributed by atoms with Gasteiger partial charge in [0, 0.05) is 28.4 Å². The predicted octanol–water partition coefficient (Wildman–Crippen LogP) is 2.86. The van der Waals surface area contributed by atoms with Gasteiger partial charge in [0.2, 0.25) is 0 Å². The van der Waals surface area contributed by atoms with Crippen LogP contribution in [0.1, 0.15) is 42.5 Å². The third kappa shape index (κ3) is 3.61. The van der Waals surface area contributed by atoms with Gasteiger partial charge in [-0.15, -0.1) is 11.3 Å². The van der Waals surface area contributed by atoms with E-state index in [0.717, 1.165) is 6.54 Å². The van der Waals surface area contributed by atoms with E-state index in [-0.39, 0.29) is 6.04 Å². The fraction of sp³-hybridized carbons (Fsp3) is 0.750. The van der Waals surface area contributed by atoms with Crippen molar-refractivity contribution in [3.05, 3.63) is 21.9 Å². The lowest BCUT2D eigenvalue weighted by molar-refractivity contribution is 0.153. The summed E-state index contributed by atoms with van der Waals surface area (Å²) >= 11 is 1.88. The summed E-state index contributed by atoms with van der Waals surface area (Å²) in [6.07, 6.45) is 2.67. The molecule has 2 heterocycles. The van der Waals surface area contributed by atoms with Crippen molar-refractivity contribution in [3.63, 3.8) is 0 Å². The van der Waals surface area contributed by atoms with Crippen LogP contribution >= 0.6 is 11.3 Å². The highest BCUT2D eigenvalue weighted by atomic mass is 32.1. The van der Waals surface area contributed by atoms with E-state index < -0.39 is 0 Å². The zero-order valence-electron chi connectivity index (χ0n) is 13.3. The SMILES string of the molecule is CCN1CCCC1CN(C)C(c1ccc(C)s1)C(C)N. The van der Waals surface area contributed by atoms with Gasteiger partial charge in [-0.2, -0.15) is 0 Å². The molecule has 4 heteroatoms. The zero-order valence-corrected chi connectivity index (χ0v) is 14.1. The zero-order chi connectivity index (χ0) is 14.7. The van der Waals surface area contributed by atoms with Gasteiger partial charge in [0.1, 0.15) is 0 Å². The van der Waals surface area contributed by atoms with Crippen molar-refractivity contribution >= 4 is 11.3 Å². The Labute approximate surface area is 127 Å². The number of thiophene rings is 1. The molecule has 2 N–H and O–H groups in total. The molecule has 1 aromatic heterocycles. The molecule has 0 spiro atoms. The van der Waals surface area contributed by atoms with Crippen LogP contribution in [0.15, 0.2) is 12.1 Å². The van der Waals surface area contributed by atoms with Crippen LogP contribution in [0.5, 0.6) is 0 Å². The summed E-state index contributed by atoms with van der Waals surface area (Å²) in [7, 11) is 2.23. The van der Waals surface area contributed by atoms with Crippen molar-refractivity contribution < 1.29 is 0 Å². The number of aryl methyl sites for hydroxylation is 1. The third-order valence-corrected chi connectivity index (χ3v) is 5.50. The number of rotatable bonds is 6. The van der Waals surface area contributed by atoms with Crippen molar-refractivity contribution in [2.75, 3.05) is 26.7 Å². The standard InChI is InChI=1S/C16H29N3S/c1-5-19-10-6-7-14(19)11-18(4)16(13(3)17)15-9-8-12(2)20-15/h8-9,13-14,16H,5-7,10-11,17H2,1-4H3. The summed E-state index contributed by atoms with van der Waals surface area (Å²) in [5, 5.41) is 0. The van der Waals surface area contributed by atoms with Gasteiger partial charge in [0.15, 0.2) is 0 Å². The lowest BCUT2D eigenvalue weighted by Crippen LogP contribution is -2.44. The van der Waals surface area contributed by atoms with Crippen LogP contribution in [-0.2, 0) is 0 Å². The molecule has 0 aliphatic carbocycles. The van der Waals surface area contributed by atoms with Gasteiger partial charge in [0.05, 0.1) is 6.04 Å². The van der Waals surface area contributed by atoms with Crippen molar-refractivity contribution in [2.24, 2.45) is 5.73 Å². The van der Waals surface area contributed by atoms with Crippen molar-refractivity contribution in [3.8, 4) is 0 Å². The van der Waals surface area contributed by atoms with Crippen LogP contribution in [0.4, 0.5) is 0 Å².